The van der Waals surface area contributed by atoms with E-state index in [4.69, 9.17) is 11.6 Å². The Morgan fingerprint density at radius 2 is 1.90 bits per heavy atom. The molecule has 0 atom stereocenters. The first-order chi connectivity index (χ1) is 13.9. The van der Waals surface area contributed by atoms with Gasteiger partial charge in [-0.3, -0.25) is 14.5 Å². The second-order valence-electron chi connectivity index (χ2n) is 6.62. The Hall–Kier alpha value is -2.64. The Labute approximate surface area is 175 Å². The molecule has 0 spiro atoms. The molecular weight excluding hydrogens is 410 g/mol. The molecule has 2 aromatic carbocycles. The van der Waals surface area contributed by atoms with Crippen LogP contribution in [0.2, 0.25) is 5.02 Å². The number of amidine groups is 1. The number of carbonyl (C=O) groups excluding carboxylic acids is 1. The maximum Gasteiger partial charge on any atom is 0.262 e. The van der Waals surface area contributed by atoms with Gasteiger partial charge in [-0.05, 0) is 48.7 Å². The third-order valence-electron chi connectivity index (χ3n) is 4.36. The molecule has 2 aromatic rings. The number of hydrogen-bond acceptors (Lipinski definition) is 4. The van der Waals surface area contributed by atoms with Crippen LogP contribution >= 0.6 is 11.6 Å². The molecule has 0 aromatic heterocycles. The van der Waals surface area contributed by atoms with E-state index in [1.165, 1.54) is 18.2 Å². The first-order valence-corrected chi connectivity index (χ1v) is 11.2. The van der Waals surface area contributed by atoms with Crippen molar-refractivity contribution in [3.63, 3.8) is 0 Å². The van der Waals surface area contributed by atoms with Gasteiger partial charge in [-0.1, -0.05) is 42.3 Å². The number of nitrogens with zero attached hydrogens (tertiary/aromatic N) is 1. The fourth-order valence-electron chi connectivity index (χ4n) is 2.87. The van der Waals surface area contributed by atoms with Gasteiger partial charge in [0.05, 0.1) is 4.90 Å². The fourth-order valence-corrected chi connectivity index (χ4v) is 4.21. The van der Waals surface area contributed by atoms with Crippen LogP contribution in [0.5, 0.6) is 0 Å². The average molecular weight is 432 g/mol. The van der Waals surface area contributed by atoms with Gasteiger partial charge in [0.2, 0.25) is 5.91 Å². The van der Waals surface area contributed by atoms with E-state index < -0.39 is 10.0 Å². The number of sulfonamides is 1. The maximum absolute atomic E-state index is 12.7. The van der Waals surface area contributed by atoms with Crippen LogP contribution in [0, 0.1) is 0 Å². The highest BCUT2D eigenvalue weighted by Crippen LogP contribution is 2.18. The SMILES string of the molecule is O=C(C=Cc1ccccc1Cl)Nc1cccc(S(=O)(=O)NC2=NCCCCC2)c1. The molecule has 0 radical (unpaired) electrons. The van der Waals surface area contributed by atoms with Crippen LogP contribution in [-0.2, 0) is 14.8 Å². The van der Waals surface area contributed by atoms with Gasteiger partial charge in [-0.25, -0.2) is 8.42 Å². The minimum Gasteiger partial charge on any atom is -0.322 e. The van der Waals surface area contributed by atoms with Gasteiger partial charge in [0.1, 0.15) is 5.84 Å². The van der Waals surface area contributed by atoms with Crippen LogP contribution in [0.15, 0.2) is 64.5 Å². The number of rotatable bonds is 5. The summed E-state index contributed by atoms with van der Waals surface area (Å²) in [7, 11) is -3.76. The predicted octanol–water partition coefficient (Wildman–Crippen LogP) is 4.24. The monoisotopic (exact) mass is 431 g/mol. The van der Waals surface area contributed by atoms with Crippen molar-refractivity contribution >= 4 is 45.1 Å². The molecule has 1 aliphatic rings. The Bertz CT molecular complexity index is 1050. The molecule has 0 unspecified atom stereocenters. The molecule has 0 saturated heterocycles. The molecular formula is C21H22ClN3O3S. The van der Waals surface area contributed by atoms with Crippen LogP contribution in [-0.4, -0.2) is 26.7 Å². The van der Waals surface area contributed by atoms with Crippen LogP contribution in [0.3, 0.4) is 0 Å². The normalized spacial score (nSPS) is 14.9. The Kier molecular flexibility index (Phi) is 7.06. The predicted molar refractivity (Wildman–Crippen MR) is 117 cm³/mol. The summed E-state index contributed by atoms with van der Waals surface area (Å²) in [5.74, 6) is 0.0974. The van der Waals surface area contributed by atoms with E-state index in [9.17, 15) is 13.2 Å². The minimum absolute atomic E-state index is 0.0670. The Morgan fingerprint density at radius 3 is 2.72 bits per heavy atom. The summed E-state index contributed by atoms with van der Waals surface area (Å²) in [4.78, 5) is 16.6. The number of amides is 1. The maximum atomic E-state index is 12.7. The Balaban J connectivity index is 1.69. The minimum atomic E-state index is -3.76. The van der Waals surface area contributed by atoms with Crippen molar-refractivity contribution in [3.05, 3.63) is 65.2 Å². The molecule has 152 valence electrons. The molecule has 1 heterocycles. The number of benzene rings is 2. The molecule has 0 fully saturated rings. The van der Waals surface area contributed by atoms with E-state index in [2.05, 4.69) is 15.0 Å². The molecule has 1 amide bonds. The molecule has 0 saturated carbocycles. The number of aliphatic imine (C=N–C) groups is 1. The summed E-state index contributed by atoms with van der Waals surface area (Å²) < 4.78 is 27.9. The van der Waals surface area contributed by atoms with Crippen LogP contribution in [0.25, 0.3) is 6.08 Å². The summed E-state index contributed by atoms with van der Waals surface area (Å²) >= 11 is 6.06. The quantitative estimate of drug-likeness (QED) is 0.694. The van der Waals surface area contributed by atoms with Gasteiger partial charge in [-0.2, -0.15) is 0 Å². The molecule has 1 aliphatic heterocycles. The van der Waals surface area contributed by atoms with Gasteiger partial charge in [0.25, 0.3) is 10.0 Å². The molecule has 3 rings (SSSR count). The van der Waals surface area contributed by atoms with Gasteiger partial charge in [0.15, 0.2) is 0 Å². The number of hydrogen-bond donors (Lipinski definition) is 2. The largest absolute Gasteiger partial charge is 0.322 e. The van der Waals surface area contributed by atoms with Crippen LogP contribution in [0.1, 0.15) is 31.2 Å². The zero-order chi connectivity index (χ0) is 20.7. The summed E-state index contributed by atoms with van der Waals surface area (Å²) in [5, 5.41) is 3.21. The van der Waals surface area contributed by atoms with Crippen molar-refractivity contribution in [1.29, 1.82) is 0 Å². The zero-order valence-corrected chi connectivity index (χ0v) is 17.3. The van der Waals surface area contributed by atoms with Gasteiger partial charge in [0, 0.05) is 29.8 Å². The lowest BCUT2D eigenvalue weighted by molar-refractivity contribution is -0.111. The lowest BCUT2D eigenvalue weighted by Crippen LogP contribution is -2.30. The van der Waals surface area contributed by atoms with Gasteiger partial charge >= 0.3 is 0 Å². The fraction of sp³-hybridized carbons (Fsp3) is 0.238. The first kappa shape index (κ1) is 21.1. The van der Waals surface area contributed by atoms with E-state index in [-0.39, 0.29) is 10.8 Å². The van der Waals surface area contributed by atoms with Crippen molar-refractivity contribution in [2.24, 2.45) is 4.99 Å². The summed E-state index contributed by atoms with van der Waals surface area (Å²) in [6, 6.07) is 13.3. The molecule has 2 N–H and O–H groups in total. The number of carbonyl (C=O) groups is 1. The third-order valence-corrected chi connectivity index (χ3v) is 6.08. The standard InChI is InChI=1S/C21H22ClN3O3S/c22-19-10-4-3-7-16(19)12-13-21(26)24-17-8-6-9-18(15-17)29(27,28)25-20-11-2-1-5-14-23-20/h3-4,6-10,12-13,15H,1-2,5,11,14H2,(H,23,25)(H,24,26). The first-order valence-electron chi connectivity index (χ1n) is 9.34. The summed E-state index contributed by atoms with van der Waals surface area (Å²) in [6.45, 7) is 0.631. The highest BCUT2D eigenvalue weighted by molar-refractivity contribution is 7.90. The number of anilines is 1. The Morgan fingerprint density at radius 1 is 1.07 bits per heavy atom. The molecule has 0 aliphatic carbocycles. The third kappa shape index (κ3) is 6.17. The van der Waals surface area contributed by atoms with Crippen molar-refractivity contribution in [3.8, 4) is 0 Å². The molecule has 6 nitrogen and oxygen atoms in total. The number of halogens is 1. The second kappa shape index (κ2) is 9.71. The molecule has 0 bridgehead atoms. The molecule has 8 heteroatoms. The van der Waals surface area contributed by atoms with E-state index in [0.29, 0.717) is 35.1 Å². The van der Waals surface area contributed by atoms with Crippen molar-refractivity contribution in [2.45, 2.75) is 30.6 Å². The van der Waals surface area contributed by atoms with Crippen molar-refractivity contribution < 1.29 is 13.2 Å². The average Bonchev–Trinajstić information content (AvgIpc) is 2.96. The van der Waals surface area contributed by atoms with E-state index in [0.717, 1.165) is 19.3 Å². The number of nitrogens with one attached hydrogen (secondary N) is 2. The van der Waals surface area contributed by atoms with Crippen molar-refractivity contribution in [2.75, 3.05) is 11.9 Å². The van der Waals surface area contributed by atoms with E-state index >= 15 is 0 Å². The summed E-state index contributed by atoms with van der Waals surface area (Å²) in [6.07, 6.45) is 6.48. The highest BCUT2D eigenvalue weighted by atomic mass is 35.5. The second-order valence-corrected chi connectivity index (χ2v) is 8.71. The van der Waals surface area contributed by atoms with Crippen LogP contribution < -0.4 is 10.0 Å². The van der Waals surface area contributed by atoms with Gasteiger partial charge < -0.3 is 5.32 Å². The lowest BCUT2D eigenvalue weighted by atomic mass is 10.2. The zero-order valence-electron chi connectivity index (χ0n) is 15.8. The highest BCUT2D eigenvalue weighted by Gasteiger charge is 2.17. The lowest BCUT2D eigenvalue weighted by Gasteiger charge is -2.11. The van der Waals surface area contributed by atoms with Crippen LogP contribution in [0.4, 0.5) is 5.69 Å². The van der Waals surface area contributed by atoms with E-state index in [1.807, 2.05) is 6.07 Å². The topological polar surface area (TPSA) is 87.6 Å². The van der Waals surface area contributed by atoms with Gasteiger partial charge in [-0.15, -0.1) is 0 Å². The van der Waals surface area contributed by atoms with E-state index in [1.54, 1.807) is 36.4 Å². The summed E-state index contributed by atoms with van der Waals surface area (Å²) in [5.41, 5.74) is 1.10. The smallest absolute Gasteiger partial charge is 0.262 e. The van der Waals surface area contributed by atoms with Crippen molar-refractivity contribution in [1.82, 2.24) is 4.72 Å². The molecule has 29 heavy (non-hydrogen) atoms.